The summed E-state index contributed by atoms with van der Waals surface area (Å²) in [4.78, 5) is 25.1. The number of carbonyl (C=O) groups excluding carboxylic acids is 1. The van der Waals surface area contributed by atoms with Crippen molar-refractivity contribution in [3.05, 3.63) is 68.5 Å². The molecule has 1 amide bonds. The van der Waals surface area contributed by atoms with Crippen LogP contribution in [0, 0.1) is 13.8 Å². The first-order valence-electron chi connectivity index (χ1n) is 8.90. The van der Waals surface area contributed by atoms with Crippen LogP contribution in [-0.2, 0) is 0 Å². The van der Waals surface area contributed by atoms with Crippen LogP contribution in [0.5, 0.6) is 5.75 Å². The van der Waals surface area contributed by atoms with Crippen LogP contribution in [0.4, 0.5) is 5.82 Å². The summed E-state index contributed by atoms with van der Waals surface area (Å²) >= 11 is 6.07. The highest BCUT2D eigenvalue weighted by Crippen LogP contribution is 2.30. The monoisotopic (exact) mass is 425 g/mol. The van der Waals surface area contributed by atoms with E-state index in [1.54, 1.807) is 32.2 Å². The van der Waals surface area contributed by atoms with Crippen LogP contribution < -0.4 is 15.5 Å². The van der Waals surface area contributed by atoms with Gasteiger partial charge in [0.25, 0.3) is 5.91 Å². The van der Waals surface area contributed by atoms with Crippen molar-refractivity contribution < 1.29 is 18.6 Å². The summed E-state index contributed by atoms with van der Waals surface area (Å²) in [5.41, 5.74) is 2.51. The van der Waals surface area contributed by atoms with E-state index in [0.29, 0.717) is 27.4 Å². The van der Waals surface area contributed by atoms with Gasteiger partial charge in [0.2, 0.25) is 5.82 Å². The molecule has 2 heterocycles. The molecule has 1 N–H and O–H groups in total. The molecule has 8 nitrogen and oxygen atoms in total. The molecule has 4 aromatic rings. The van der Waals surface area contributed by atoms with Gasteiger partial charge in [-0.2, -0.15) is 0 Å². The molecule has 0 bridgehead atoms. The maximum absolute atomic E-state index is 12.7. The standard InChI is InChI=1S/C21H16ClN3O5/c1-10-6-12(28-3)4-5-13(10)19-20(25-30-24-19)23-21(27)18-9-16(26)14-8-15(22)11(2)7-17(14)29-18/h4-9H,1-3H3,(H,23,25,27). The molecule has 152 valence electrons. The van der Waals surface area contributed by atoms with E-state index >= 15 is 0 Å². The van der Waals surface area contributed by atoms with Gasteiger partial charge in [-0.05, 0) is 65.6 Å². The molecule has 9 heteroatoms. The topological polar surface area (TPSA) is 107 Å². The predicted molar refractivity (Wildman–Crippen MR) is 111 cm³/mol. The van der Waals surface area contributed by atoms with Gasteiger partial charge in [-0.1, -0.05) is 11.6 Å². The number of methoxy groups -OCH3 is 1. The zero-order valence-electron chi connectivity index (χ0n) is 16.3. The van der Waals surface area contributed by atoms with Crippen molar-refractivity contribution in [1.29, 1.82) is 0 Å². The number of halogens is 1. The first-order valence-corrected chi connectivity index (χ1v) is 9.28. The second-order valence-corrected chi connectivity index (χ2v) is 7.08. The number of rotatable bonds is 4. The highest BCUT2D eigenvalue weighted by atomic mass is 35.5. The van der Waals surface area contributed by atoms with Crippen molar-refractivity contribution in [2.45, 2.75) is 13.8 Å². The minimum Gasteiger partial charge on any atom is -0.497 e. The number of hydrogen-bond acceptors (Lipinski definition) is 7. The number of nitrogens with one attached hydrogen (secondary N) is 1. The molecule has 0 radical (unpaired) electrons. The average Bonchev–Trinajstić information content (AvgIpc) is 3.17. The SMILES string of the molecule is COc1ccc(-c2nonc2NC(=O)c2cc(=O)c3cc(Cl)c(C)cc3o2)c(C)c1. The summed E-state index contributed by atoms with van der Waals surface area (Å²) in [6, 6.07) is 9.61. The van der Waals surface area contributed by atoms with Crippen LogP contribution in [0.3, 0.4) is 0 Å². The molecule has 0 saturated heterocycles. The number of amides is 1. The fourth-order valence-corrected chi connectivity index (χ4v) is 3.20. The zero-order chi connectivity index (χ0) is 21.4. The molecular weight excluding hydrogens is 410 g/mol. The van der Waals surface area contributed by atoms with E-state index in [4.69, 9.17) is 25.4 Å². The number of nitrogens with zero attached hydrogens (tertiary/aromatic N) is 2. The predicted octanol–water partition coefficient (Wildman–Crippen LogP) is 4.37. The van der Waals surface area contributed by atoms with Crippen molar-refractivity contribution in [2.24, 2.45) is 0 Å². The first-order chi connectivity index (χ1) is 14.4. The smallest absolute Gasteiger partial charge is 0.292 e. The van der Waals surface area contributed by atoms with Crippen LogP contribution in [0.2, 0.25) is 5.02 Å². The van der Waals surface area contributed by atoms with Gasteiger partial charge in [0.1, 0.15) is 11.3 Å². The first kappa shape index (κ1) is 19.7. The molecule has 0 atom stereocenters. The molecular formula is C21H16ClN3O5. The van der Waals surface area contributed by atoms with Crippen molar-refractivity contribution in [3.8, 4) is 17.0 Å². The highest BCUT2D eigenvalue weighted by Gasteiger charge is 2.20. The van der Waals surface area contributed by atoms with Crippen LogP contribution in [0.1, 0.15) is 21.7 Å². The lowest BCUT2D eigenvalue weighted by molar-refractivity contribution is 0.0996. The van der Waals surface area contributed by atoms with E-state index in [2.05, 4.69) is 15.6 Å². The van der Waals surface area contributed by atoms with E-state index in [0.717, 1.165) is 17.2 Å². The summed E-state index contributed by atoms with van der Waals surface area (Å²) in [5, 5.41) is 11.0. The number of carbonyl (C=O) groups is 1. The molecule has 0 unspecified atom stereocenters. The molecule has 0 aliphatic heterocycles. The number of aromatic nitrogens is 2. The van der Waals surface area contributed by atoms with Gasteiger partial charge < -0.3 is 9.15 Å². The van der Waals surface area contributed by atoms with Crippen LogP contribution in [0.15, 0.2) is 50.2 Å². The van der Waals surface area contributed by atoms with E-state index in [9.17, 15) is 9.59 Å². The molecule has 4 rings (SSSR count). The van der Waals surface area contributed by atoms with Gasteiger partial charge in [0.05, 0.1) is 12.5 Å². The number of fused-ring (bicyclic) bond motifs is 1. The fourth-order valence-electron chi connectivity index (χ4n) is 3.03. The van der Waals surface area contributed by atoms with E-state index in [-0.39, 0.29) is 22.6 Å². The second kappa shape index (κ2) is 7.64. The maximum atomic E-state index is 12.7. The summed E-state index contributed by atoms with van der Waals surface area (Å²) in [7, 11) is 1.57. The fraction of sp³-hybridized carbons (Fsp3) is 0.143. The molecule has 0 saturated carbocycles. The van der Waals surface area contributed by atoms with Crippen LogP contribution in [0.25, 0.3) is 22.2 Å². The van der Waals surface area contributed by atoms with Gasteiger partial charge in [-0.3, -0.25) is 14.9 Å². The lowest BCUT2D eigenvalue weighted by Gasteiger charge is -2.08. The van der Waals surface area contributed by atoms with Crippen molar-refractivity contribution in [1.82, 2.24) is 10.3 Å². The summed E-state index contributed by atoms with van der Waals surface area (Å²) in [6.07, 6.45) is 0. The summed E-state index contributed by atoms with van der Waals surface area (Å²) < 4.78 is 15.6. The Labute approximate surface area is 175 Å². The van der Waals surface area contributed by atoms with Crippen LogP contribution in [-0.4, -0.2) is 23.3 Å². The molecule has 2 aromatic carbocycles. The van der Waals surface area contributed by atoms with Gasteiger partial charge >= 0.3 is 0 Å². The van der Waals surface area contributed by atoms with Crippen molar-refractivity contribution in [2.75, 3.05) is 12.4 Å². The maximum Gasteiger partial charge on any atom is 0.292 e. The third kappa shape index (κ3) is 3.53. The average molecular weight is 426 g/mol. The zero-order valence-corrected chi connectivity index (χ0v) is 17.0. The largest absolute Gasteiger partial charge is 0.497 e. The summed E-state index contributed by atoms with van der Waals surface area (Å²) in [5.74, 6) is -0.0470. The van der Waals surface area contributed by atoms with Gasteiger partial charge in [0, 0.05) is 16.7 Å². The lowest BCUT2D eigenvalue weighted by atomic mass is 10.1. The highest BCUT2D eigenvalue weighted by molar-refractivity contribution is 6.32. The number of ether oxygens (including phenoxy) is 1. The minimum atomic E-state index is -0.662. The second-order valence-electron chi connectivity index (χ2n) is 6.67. The Bertz CT molecular complexity index is 1340. The number of aryl methyl sites for hydroxylation is 2. The lowest BCUT2D eigenvalue weighted by Crippen LogP contribution is -2.15. The quantitative estimate of drug-likeness (QED) is 0.517. The Kier molecular flexibility index (Phi) is 5.01. The minimum absolute atomic E-state index is 0.100. The number of benzene rings is 2. The Morgan fingerprint density at radius 1 is 1.10 bits per heavy atom. The van der Waals surface area contributed by atoms with Gasteiger partial charge in [-0.25, -0.2) is 4.63 Å². The Hall–Kier alpha value is -3.65. The number of hydrogen-bond donors (Lipinski definition) is 1. The Balaban J connectivity index is 1.68. The van der Waals surface area contributed by atoms with Gasteiger partial charge in [-0.15, -0.1) is 0 Å². The molecule has 0 spiro atoms. The van der Waals surface area contributed by atoms with Crippen LogP contribution >= 0.6 is 11.6 Å². The number of anilines is 1. The van der Waals surface area contributed by atoms with E-state index in [1.165, 1.54) is 6.07 Å². The normalized spacial score (nSPS) is 10.9. The molecule has 2 aromatic heterocycles. The van der Waals surface area contributed by atoms with Crippen molar-refractivity contribution in [3.63, 3.8) is 0 Å². The third-order valence-electron chi connectivity index (χ3n) is 4.64. The Morgan fingerprint density at radius 2 is 1.90 bits per heavy atom. The van der Waals surface area contributed by atoms with E-state index < -0.39 is 5.91 Å². The molecule has 0 aliphatic carbocycles. The molecule has 30 heavy (non-hydrogen) atoms. The Morgan fingerprint density at radius 3 is 2.63 bits per heavy atom. The molecule has 0 fully saturated rings. The third-order valence-corrected chi connectivity index (χ3v) is 5.05. The van der Waals surface area contributed by atoms with E-state index in [1.807, 2.05) is 13.0 Å². The van der Waals surface area contributed by atoms with Gasteiger partial charge in [0.15, 0.2) is 16.9 Å². The van der Waals surface area contributed by atoms with Crippen molar-refractivity contribution >= 4 is 34.3 Å². The molecule has 0 aliphatic rings. The summed E-state index contributed by atoms with van der Waals surface area (Å²) in [6.45, 7) is 3.65.